The van der Waals surface area contributed by atoms with Gasteiger partial charge in [0.15, 0.2) is 0 Å². The van der Waals surface area contributed by atoms with E-state index in [-0.39, 0.29) is 30.7 Å². The van der Waals surface area contributed by atoms with Crippen LogP contribution in [0.4, 0.5) is 0 Å². The molecule has 25 heavy (non-hydrogen) atoms. The number of hydrogen-bond donors (Lipinski definition) is 2. The number of nitrogens with zero attached hydrogens (tertiary/aromatic N) is 1. The molecule has 0 bridgehead atoms. The largest absolute Gasteiger partial charge is 0.389 e. The summed E-state index contributed by atoms with van der Waals surface area (Å²) in [4.78, 5) is 2.45. The molecule has 1 saturated heterocycles. The first-order valence-electron chi connectivity index (χ1n) is 8.69. The molecule has 1 aromatic rings. The summed E-state index contributed by atoms with van der Waals surface area (Å²) in [5, 5.41) is 15.9. The van der Waals surface area contributed by atoms with Crippen molar-refractivity contribution in [3.8, 4) is 0 Å². The summed E-state index contributed by atoms with van der Waals surface area (Å²) in [6, 6.07) is 5.84. The van der Waals surface area contributed by atoms with Crippen molar-refractivity contribution in [3.05, 3.63) is 33.8 Å². The third-order valence-corrected chi connectivity index (χ3v) is 6.10. The molecule has 1 aliphatic heterocycles. The van der Waals surface area contributed by atoms with Gasteiger partial charge >= 0.3 is 0 Å². The number of nitrogens with one attached hydrogen (secondary N) is 1. The molecule has 1 heterocycles. The van der Waals surface area contributed by atoms with Crippen LogP contribution in [-0.2, 0) is 0 Å². The van der Waals surface area contributed by atoms with Gasteiger partial charge in [0.2, 0.25) is 0 Å². The first-order valence-corrected chi connectivity index (χ1v) is 9.44. The quantitative estimate of drug-likeness (QED) is 0.738. The van der Waals surface area contributed by atoms with Crippen LogP contribution in [0.1, 0.15) is 43.6 Å². The Hall–Kier alpha value is 0.260. The highest BCUT2D eigenvalue weighted by Crippen LogP contribution is 2.41. The summed E-state index contributed by atoms with van der Waals surface area (Å²) < 4.78 is 0. The molecule has 1 saturated carbocycles. The minimum Gasteiger partial charge on any atom is -0.389 e. The standard InChI is InChI=1S/C18H26Cl2N2O.2ClH/c19-16-5-4-14(12-17(16)20)15(13-22-10-8-21-9-11-22)18(23)6-2-1-3-7-18;;/h4-5,12,15,21,23H,1-3,6-11,13H2;2*1H. The topological polar surface area (TPSA) is 35.5 Å². The summed E-state index contributed by atoms with van der Waals surface area (Å²) >= 11 is 12.3. The van der Waals surface area contributed by atoms with Gasteiger partial charge in [-0.15, -0.1) is 24.8 Å². The summed E-state index contributed by atoms with van der Waals surface area (Å²) in [6.45, 7) is 5.00. The molecule has 0 spiro atoms. The lowest BCUT2D eigenvalue weighted by molar-refractivity contribution is -0.0316. The summed E-state index contributed by atoms with van der Waals surface area (Å²) in [5.74, 6) is 0.0932. The van der Waals surface area contributed by atoms with Crippen molar-refractivity contribution >= 4 is 48.0 Å². The highest BCUT2D eigenvalue weighted by molar-refractivity contribution is 6.42. The Balaban J connectivity index is 0.00000156. The van der Waals surface area contributed by atoms with Crippen molar-refractivity contribution in [2.75, 3.05) is 32.7 Å². The molecule has 3 nitrogen and oxygen atoms in total. The Morgan fingerprint density at radius 2 is 1.68 bits per heavy atom. The summed E-state index contributed by atoms with van der Waals surface area (Å²) in [7, 11) is 0. The number of aliphatic hydroxyl groups is 1. The average molecular weight is 430 g/mol. The number of benzene rings is 1. The van der Waals surface area contributed by atoms with Crippen LogP contribution >= 0.6 is 48.0 Å². The first kappa shape index (κ1) is 23.3. The van der Waals surface area contributed by atoms with Gasteiger partial charge in [-0.05, 0) is 30.5 Å². The molecule has 1 aliphatic carbocycles. The van der Waals surface area contributed by atoms with E-state index in [0.717, 1.165) is 64.0 Å². The Morgan fingerprint density at radius 3 is 2.28 bits per heavy atom. The normalized spacial score (nSPS) is 21.7. The van der Waals surface area contributed by atoms with Gasteiger partial charge in [-0.2, -0.15) is 0 Å². The number of piperazine rings is 1. The van der Waals surface area contributed by atoms with Crippen LogP contribution < -0.4 is 5.32 Å². The van der Waals surface area contributed by atoms with E-state index in [2.05, 4.69) is 10.2 Å². The molecule has 0 amide bonds. The van der Waals surface area contributed by atoms with Gasteiger partial charge in [-0.3, -0.25) is 0 Å². The smallest absolute Gasteiger partial charge is 0.0728 e. The maximum absolute atomic E-state index is 11.4. The second-order valence-corrected chi connectivity index (χ2v) is 7.76. The van der Waals surface area contributed by atoms with Crippen molar-refractivity contribution in [3.63, 3.8) is 0 Å². The second-order valence-electron chi connectivity index (χ2n) is 6.94. The van der Waals surface area contributed by atoms with Crippen molar-refractivity contribution in [1.29, 1.82) is 0 Å². The van der Waals surface area contributed by atoms with E-state index in [0.29, 0.717) is 10.0 Å². The van der Waals surface area contributed by atoms with Gasteiger partial charge in [0.05, 0.1) is 15.6 Å². The minimum atomic E-state index is -0.625. The van der Waals surface area contributed by atoms with Gasteiger partial charge in [-0.1, -0.05) is 48.5 Å². The zero-order valence-electron chi connectivity index (χ0n) is 14.3. The van der Waals surface area contributed by atoms with Crippen LogP contribution in [0.25, 0.3) is 0 Å². The van der Waals surface area contributed by atoms with Crippen LogP contribution in [0.3, 0.4) is 0 Å². The fourth-order valence-corrected chi connectivity index (χ4v) is 4.29. The van der Waals surface area contributed by atoms with Gasteiger partial charge in [0.1, 0.15) is 0 Å². The molecule has 0 radical (unpaired) electrons. The SMILES string of the molecule is Cl.Cl.OC1(C(CN2CCNCC2)c2ccc(Cl)c(Cl)c2)CCCCC1. The van der Waals surface area contributed by atoms with E-state index in [4.69, 9.17) is 23.2 Å². The van der Waals surface area contributed by atoms with Crippen LogP contribution in [0.15, 0.2) is 18.2 Å². The predicted octanol–water partition coefficient (Wildman–Crippen LogP) is 4.52. The first-order chi connectivity index (χ1) is 11.1. The molecule has 2 N–H and O–H groups in total. The van der Waals surface area contributed by atoms with Gasteiger partial charge < -0.3 is 15.3 Å². The molecule has 1 aromatic carbocycles. The monoisotopic (exact) mass is 428 g/mol. The molecule has 1 atom stereocenters. The lowest BCUT2D eigenvalue weighted by Gasteiger charge is -2.42. The highest BCUT2D eigenvalue weighted by Gasteiger charge is 2.39. The molecular weight excluding hydrogens is 402 g/mol. The average Bonchev–Trinajstić information content (AvgIpc) is 2.57. The molecule has 0 aromatic heterocycles. The van der Waals surface area contributed by atoms with Crippen molar-refractivity contribution in [1.82, 2.24) is 10.2 Å². The molecule has 2 aliphatic rings. The van der Waals surface area contributed by atoms with E-state index in [9.17, 15) is 5.11 Å². The number of halogens is 4. The van der Waals surface area contributed by atoms with E-state index in [1.165, 1.54) is 6.42 Å². The Morgan fingerprint density at radius 1 is 1.04 bits per heavy atom. The fraction of sp³-hybridized carbons (Fsp3) is 0.667. The molecule has 7 heteroatoms. The van der Waals surface area contributed by atoms with Crippen LogP contribution in [0.5, 0.6) is 0 Å². The van der Waals surface area contributed by atoms with Gasteiger partial charge in [0, 0.05) is 38.6 Å². The Kier molecular flexibility index (Phi) is 9.84. The number of hydrogen-bond acceptors (Lipinski definition) is 3. The zero-order valence-corrected chi connectivity index (χ0v) is 17.5. The van der Waals surface area contributed by atoms with E-state index in [1.807, 2.05) is 18.2 Å². The lowest BCUT2D eigenvalue weighted by atomic mass is 9.72. The van der Waals surface area contributed by atoms with Crippen molar-refractivity contribution in [2.24, 2.45) is 0 Å². The summed E-state index contributed by atoms with van der Waals surface area (Å²) in [6.07, 6.45) is 5.20. The van der Waals surface area contributed by atoms with Crippen LogP contribution in [0, 0.1) is 0 Å². The minimum absolute atomic E-state index is 0. The van der Waals surface area contributed by atoms with E-state index in [1.54, 1.807) is 0 Å². The highest BCUT2D eigenvalue weighted by atomic mass is 35.5. The molecule has 3 rings (SSSR count). The zero-order chi connectivity index (χ0) is 16.3. The maximum atomic E-state index is 11.4. The van der Waals surface area contributed by atoms with Crippen molar-refractivity contribution in [2.45, 2.75) is 43.6 Å². The number of rotatable bonds is 4. The van der Waals surface area contributed by atoms with E-state index < -0.39 is 5.60 Å². The Bertz CT molecular complexity index is 532. The van der Waals surface area contributed by atoms with Crippen LogP contribution in [0.2, 0.25) is 10.0 Å². The third kappa shape index (κ3) is 5.87. The second kappa shape index (κ2) is 10.6. The van der Waals surface area contributed by atoms with Gasteiger partial charge in [0.25, 0.3) is 0 Å². The van der Waals surface area contributed by atoms with Crippen molar-refractivity contribution < 1.29 is 5.11 Å². The third-order valence-electron chi connectivity index (χ3n) is 5.36. The molecule has 1 unspecified atom stereocenters. The predicted molar refractivity (Wildman–Crippen MR) is 111 cm³/mol. The summed E-state index contributed by atoms with van der Waals surface area (Å²) in [5.41, 5.74) is 0.489. The molecule has 2 fully saturated rings. The maximum Gasteiger partial charge on any atom is 0.0728 e. The van der Waals surface area contributed by atoms with Crippen LogP contribution in [-0.4, -0.2) is 48.3 Å². The fourth-order valence-electron chi connectivity index (χ4n) is 3.98. The van der Waals surface area contributed by atoms with E-state index >= 15 is 0 Å². The molecule has 144 valence electrons. The Labute approximate surface area is 173 Å². The lowest BCUT2D eigenvalue weighted by Crippen LogP contribution is -2.49. The van der Waals surface area contributed by atoms with Gasteiger partial charge in [-0.25, -0.2) is 0 Å². The molecular formula is C18H28Cl4N2O.